The number of hydrogen-bond donors (Lipinski definition) is 2. The average Bonchev–Trinajstić information content (AvgIpc) is 2.80. The van der Waals surface area contributed by atoms with E-state index in [1.54, 1.807) is 11.3 Å². The fourth-order valence-electron chi connectivity index (χ4n) is 1.82. The Balaban J connectivity index is 2.51. The van der Waals surface area contributed by atoms with Crippen molar-refractivity contribution in [2.24, 2.45) is 17.7 Å². The maximum atomic E-state index is 5.38. The third kappa shape index (κ3) is 6.89. The smallest absolute Gasteiger partial charge is 0.197 e. The summed E-state index contributed by atoms with van der Waals surface area (Å²) in [5.41, 5.74) is 2.61. The number of hydrogen-bond acceptors (Lipinski definition) is 5. The average molecular weight is 284 g/mol. The minimum atomic E-state index is 0.754. The molecule has 19 heavy (non-hydrogen) atoms. The molecule has 0 bridgehead atoms. The number of thiazole rings is 1. The normalized spacial score (nSPS) is 11.8. The topological polar surface area (TPSA) is 54.2 Å². The largest absolute Gasteiger partial charge is 0.300 e. The van der Waals surface area contributed by atoms with Gasteiger partial charge in [-0.25, -0.2) is 10.8 Å². The van der Waals surface area contributed by atoms with Crippen LogP contribution >= 0.6 is 11.3 Å². The van der Waals surface area contributed by atoms with E-state index >= 15 is 0 Å². The Morgan fingerprint density at radius 3 is 2.21 bits per heavy atom. The molecule has 0 aliphatic carbocycles. The first-order valence-electron chi connectivity index (χ1n) is 7.15. The van der Waals surface area contributed by atoms with Gasteiger partial charge in [-0.1, -0.05) is 39.0 Å². The lowest BCUT2D eigenvalue weighted by molar-refractivity contribution is 0.237. The van der Waals surface area contributed by atoms with Gasteiger partial charge in [0.1, 0.15) is 0 Å². The molecule has 5 heteroatoms. The Morgan fingerprint density at radius 2 is 1.79 bits per heavy atom. The van der Waals surface area contributed by atoms with E-state index in [9.17, 15) is 0 Å². The first-order chi connectivity index (χ1) is 9.01. The second kappa shape index (κ2) is 8.51. The van der Waals surface area contributed by atoms with Gasteiger partial charge in [0.25, 0.3) is 0 Å². The maximum absolute atomic E-state index is 5.38. The van der Waals surface area contributed by atoms with E-state index in [-0.39, 0.29) is 0 Å². The van der Waals surface area contributed by atoms with Crippen molar-refractivity contribution >= 4 is 16.5 Å². The van der Waals surface area contributed by atoms with E-state index in [1.165, 1.54) is 17.7 Å². The van der Waals surface area contributed by atoms with Gasteiger partial charge in [0.15, 0.2) is 5.13 Å². The van der Waals surface area contributed by atoms with Crippen LogP contribution < -0.4 is 11.3 Å². The maximum Gasteiger partial charge on any atom is 0.197 e. The van der Waals surface area contributed by atoms with E-state index in [1.807, 2.05) is 6.20 Å². The molecular weight excluding hydrogens is 256 g/mol. The highest BCUT2D eigenvalue weighted by atomic mass is 32.1. The summed E-state index contributed by atoms with van der Waals surface area (Å²) in [6.45, 7) is 12.4. The van der Waals surface area contributed by atoms with Crippen molar-refractivity contribution in [3.8, 4) is 0 Å². The summed E-state index contributed by atoms with van der Waals surface area (Å²) in [6, 6.07) is 0. The number of anilines is 1. The zero-order chi connectivity index (χ0) is 14.3. The minimum Gasteiger partial charge on any atom is -0.300 e. The number of aromatic nitrogens is 1. The van der Waals surface area contributed by atoms with Crippen LogP contribution in [-0.2, 0) is 6.54 Å². The van der Waals surface area contributed by atoms with Crippen LogP contribution in [0.3, 0.4) is 0 Å². The molecule has 0 aromatic carbocycles. The van der Waals surface area contributed by atoms with Crippen LogP contribution in [0.5, 0.6) is 0 Å². The predicted molar refractivity (Wildman–Crippen MR) is 84.1 cm³/mol. The summed E-state index contributed by atoms with van der Waals surface area (Å²) >= 11 is 1.64. The Morgan fingerprint density at radius 1 is 1.21 bits per heavy atom. The molecule has 0 spiro atoms. The Labute approximate surface area is 121 Å². The van der Waals surface area contributed by atoms with Crippen LogP contribution in [0.1, 0.15) is 45.4 Å². The first-order valence-corrected chi connectivity index (χ1v) is 7.96. The van der Waals surface area contributed by atoms with E-state index in [0.29, 0.717) is 0 Å². The summed E-state index contributed by atoms with van der Waals surface area (Å²) in [4.78, 5) is 8.05. The standard InChI is InChI=1S/C14H28N4S/c1-11(2)5-7-18(8-6-12(3)4)10-13-9-16-14(17-15)19-13/h9,11-12H,5-8,10,15H2,1-4H3,(H,16,17). The molecule has 0 saturated heterocycles. The molecule has 0 atom stereocenters. The fraction of sp³-hybridized carbons (Fsp3) is 0.786. The molecule has 0 amide bonds. The molecule has 0 fully saturated rings. The molecule has 0 radical (unpaired) electrons. The molecule has 1 heterocycles. The minimum absolute atomic E-state index is 0.754. The number of nitrogen functional groups attached to an aromatic ring is 1. The monoisotopic (exact) mass is 284 g/mol. The highest BCUT2D eigenvalue weighted by molar-refractivity contribution is 7.15. The third-order valence-electron chi connectivity index (χ3n) is 3.10. The van der Waals surface area contributed by atoms with Gasteiger partial charge in [-0.3, -0.25) is 10.3 Å². The van der Waals surface area contributed by atoms with Gasteiger partial charge in [0.2, 0.25) is 0 Å². The highest BCUT2D eigenvalue weighted by Crippen LogP contribution is 2.19. The molecule has 0 saturated carbocycles. The summed E-state index contributed by atoms with van der Waals surface area (Å²) < 4.78 is 0. The molecule has 0 aliphatic heterocycles. The molecule has 3 N–H and O–H groups in total. The predicted octanol–water partition coefficient (Wildman–Crippen LogP) is 3.32. The van der Waals surface area contributed by atoms with Gasteiger partial charge in [-0.05, 0) is 37.8 Å². The Hall–Kier alpha value is -0.650. The van der Waals surface area contributed by atoms with Crippen LogP contribution in [0.15, 0.2) is 6.20 Å². The highest BCUT2D eigenvalue weighted by Gasteiger charge is 2.10. The van der Waals surface area contributed by atoms with Crippen LogP contribution in [0.2, 0.25) is 0 Å². The Bertz CT molecular complexity index is 337. The van der Waals surface area contributed by atoms with Crippen LogP contribution in [0, 0.1) is 11.8 Å². The van der Waals surface area contributed by atoms with E-state index in [0.717, 1.165) is 36.6 Å². The number of nitrogens with one attached hydrogen (secondary N) is 1. The van der Waals surface area contributed by atoms with E-state index < -0.39 is 0 Å². The zero-order valence-electron chi connectivity index (χ0n) is 12.6. The quantitative estimate of drug-likeness (QED) is 0.539. The molecule has 4 nitrogen and oxygen atoms in total. The van der Waals surface area contributed by atoms with Gasteiger partial charge in [-0.15, -0.1) is 0 Å². The van der Waals surface area contributed by atoms with Gasteiger partial charge >= 0.3 is 0 Å². The van der Waals surface area contributed by atoms with Crippen LogP contribution in [-0.4, -0.2) is 23.0 Å². The molecule has 1 aromatic heterocycles. The second-order valence-corrected chi connectivity index (χ2v) is 7.03. The summed E-state index contributed by atoms with van der Waals surface area (Å²) in [6.07, 6.45) is 4.43. The molecule has 1 rings (SSSR count). The SMILES string of the molecule is CC(C)CCN(CCC(C)C)Cc1cnc(NN)s1. The van der Waals surface area contributed by atoms with Crippen LogP contribution in [0.25, 0.3) is 0 Å². The third-order valence-corrected chi connectivity index (χ3v) is 4.02. The lowest BCUT2D eigenvalue weighted by Gasteiger charge is -2.23. The van der Waals surface area contributed by atoms with Crippen molar-refractivity contribution in [3.63, 3.8) is 0 Å². The van der Waals surface area contributed by atoms with Gasteiger partial charge in [0.05, 0.1) is 0 Å². The Kier molecular flexibility index (Phi) is 7.34. The number of nitrogens with zero attached hydrogens (tertiary/aromatic N) is 2. The van der Waals surface area contributed by atoms with E-state index in [2.05, 4.69) is 43.0 Å². The summed E-state index contributed by atoms with van der Waals surface area (Å²) in [5.74, 6) is 6.88. The fourth-order valence-corrected chi connectivity index (χ4v) is 2.58. The molecule has 0 aliphatic rings. The van der Waals surface area contributed by atoms with Crippen molar-refractivity contribution in [1.82, 2.24) is 9.88 Å². The second-order valence-electron chi connectivity index (χ2n) is 5.92. The van der Waals surface area contributed by atoms with Crippen molar-refractivity contribution in [2.75, 3.05) is 18.5 Å². The zero-order valence-corrected chi connectivity index (χ0v) is 13.5. The number of hydrazine groups is 1. The molecule has 1 aromatic rings. The lowest BCUT2D eigenvalue weighted by Crippen LogP contribution is -2.27. The number of rotatable bonds is 9. The van der Waals surface area contributed by atoms with Gasteiger partial charge in [-0.2, -0.15) is 0 Å². The molecule has 0 unspecified atom stereocenters. The van der Waals surface area contributed by atoms with Crippen molar-refractivity contribution in [1.29, 1.82) is 0 Å². The van der Waals surface area contributed by atoms with Crippen molar-refractivity contribution in [3.05, 3.63) is 11.1 Å². The lowest BCUT2D eigenvalue weighted by atomic mass is 10.1. The first kappa shape index (κ1) is 16.4. The van der Waals surface area contributed by atoms with E-state index in [4.69, 9.17) is 5.84 Å². The summed E-state index contributed by atoms with van der Waals surface area (Å²) in [7, 11) is 0. The van der Waals surface area contributed by atoms with Crippen LogP contribution in [0.4, 0.5) is 5.13 Å². The number of nitrogens with two attached hydrogens (primary N) is 1. The van der Waals surface area contributed by atoms with Crippen molar-refractivity contribution < 1.29 is 0 Å². The van der Waals surface area contributed by atoms with Gasteiger partial charge < -0.3 is 0 Å². The van der Waals surface area contributed by atoms with Crippen molar-refractivity contribution in [2.45, 2.75) is 47.1 Å². The molecule has 110 valence electrons. The summed E-state index contributed by atoms with van der Waals surface area (Å²) in [5, 5.41) is 0.794. The van der Waals surface area contributed by atoms with Gasteiger partial charge in [0, 0.05) is 17.6 Å². The molecular formula is C14H28N4S.